The lowest BCUT2D eigenvalue weighted by Crippen LogP contribution is -2.36. The Hall–Kier alpha value is -1.15. The number of nitrogens with zero attached hydrogens (tertiary/aromatic N) is 2. The van der Waals surface area contributed by atoms with Gasteiger partial charge in [-0.05, 0) is 32.8 Å². The third kappa shape index (κ3) is 4.41. The lowest BCUT2D eigenvalue weighted by molar-refractivity contribution is -0.119. The van der Waals surface area contributed by atoms with Crippen LogP contribution in [-0.4, -0.2) is 47.6 Å². The third-order valence-corrected chi connectivity index (χ3v) is 6.16. The van der Waals surface area contributed by atoms with Crippen LogP contribution in [-0.2, 0) is 14.6 Å². The second-order valence-corrected chi connectivity index (χ2v) is 8.43. The smallest absolute Gasteiger partial charge is 0.230 e. The molecule has 116 valence electrons. The minimum Gasteiger partial charge on any atom is -0.352 e. The molecular formula is C13H19N3O3S2. The van der Waals surface area contributed by atoms with Gasteiger partial charge in [0.15, 0.2) is 15.0 Å². The summed E-state index contributed by atoms with van der Waals surface area (Å²) in [5, 5.41) is 3.32. The molecule has 2 rings (SSSR count). The van der Waals surface area contributed by atoms with E-state index in [0.717, 1.165) is 17.0 Å². The normalized spacial score (nSPS) is 20.4. The fourth-order valence-electron chi connectivity index (χ4n) is 2.11. The number of thioether (sulfide) groups is 1. The number of hydrogen-bond donors (Lipinski definition) is 1. The molecule has 2 heterocycles. The molecule has 1 amide bonds. The molecule has 1 saturated heterocycles. The van der Waals surface area contributed by atoms with Crippen LogP contribution in [0.25, 0.3) is 0 Å². The Kier molecular flexibility index (Phi) is 4.88. The fraction of sp³-hybridized carbons (Fsp3) is 0.615. The zero-order valence-corrected chi connectivity index (χ0v) is 14.0. The molecule has 0 aliphatic carbocycles. The molecule has 1 fully saturated rings. The highest BCUT2D eigenvalue weighted by atomic mass is 32.2. The minimum atomic E-state index is -2.97. The molecule has 0 bridgehead atoms. The van der Waals surface area contributed by atoms with Gasteiger partial charge in [0.25, 0.3) is 0 Å². The SMILES string of the molecule is Cc1nc(SCC(=O)N[C@H]2CCS(=O)(=O)C2)nc(C)c1C. The summed E-state index contributed by atoms with van der Waals surface area (Å²) in [6.07, 6.45) is 0.498. The molecule has 0 radical (unpaired) electrons. The Bertz CT molecular complexity index is 636. The Balaban J connectivity index is 1.87. The first-order valence-electron chi connectivity index (χ1n) is 6.71. The van der Waals surface area contributed by atoms with Gasteiger partial charge in [0.1, 0.15) is 0 Å². The van der Waals surface area contributed by atoms with Gasteiger partial charge in [0, 0.05) is 17.4 Å². The molecule has 1 aromatic heterocycles. The number of sulfone groups is 1. The van der Waals surface area contributed by atoms with Crippen molar-refractivity contribution in [2.75, 3.05) is 17.3 Å². The molecule has 0 spiro atoms. The molecule has 1 aliphatic heterocycles. The van der Waals surface area contributed by atoms with Crippen LogP contribution in [0.1, 0.15) is 23.4 Å². The van der Waals surface area contributed by atoms with Crippen LogP contribution in [0, 0.1) is 20.8 Å². The van der Waals surface area contributed by atoms with E-state index in [4.69, 9.17) is 0 Å². The number of rotatable bonds is 4. The molecule has 0 aromatic carbocycles. The van der Waals surface area contributed by atoms with Gasteiger partial charge >= 0.3 is 0 Å². The summed E-state index contributed by atoms with van der Waals surface area (Å²) >= 11 is 1.27. The van der Waals surface area contributed by atoms with Crippen molar-refractivity contribution in [3.63, 3.8) is 0 Å². The Morgan fingerprint density at radius 1 is 1.29 bits per heavy atom. The highest BCUT2D eigenvalue weighted by Gasteiger charge is 2.28. The molecule has 0 saturated carbocycles. The summed E-state index contributed by atoms with van der Waals surface area (Å²) in [6, 6.07) is -0.259. The van der Waals surface area contributed by atoms with Gasteiger partial charge in [-0.3, -0.25) is 4.79 Å². The van der Waals surface area contributed by atoms with Gasteiger partial charge in [0.05, 0.1) is 17.3 Å². The van der Waals surface area contributed by atoms with Crippen molar-refractivity contribution in [1.82, 2.24) is 15.3 Å². The standard InChI is InChI=1S/C13H19N3O3S2/c1-8-9(2)14-13(15-10(8)3)20-6-12(17)16-11-4-5-21(18,19)7-11/h11H,4-7H2,1-3H3,(H,16,17)/t11-/m0/s1. The highest BCUT2D eigenvalue weighted by Crippen LogP contribution is 2.17. The molecule has 21 heavy (non-hydrogen) atoms. The second-order valence-electron chi connectivity index (χ2n) is 5.26. The first-order valence-corrected chi connectivity index (χ1v) is 9.52. The van der Waals surface area contributed by atoms with E-state index in [1.54, 1.807) is 0 Å². The summed E-state index contributed by atoms with van der Waals surface area (Å²) in [7, 11) is -2.97. The van der Waals surface area contributed by atoms with Crippen LogP contribution >= 0.6 is 11.8 Å². The number of amides is 1. The Morgan fingerprint density at radius 3 is 2.43 bits per heavy atom. The zero-order valence-electron chi connectivity index (χ0n) is 12.3. The van der Waals surface area contributed by atoms with Crippen molar-refractivity contribution in [1.29, 1.82) is 0 Å². The second kappa shape index (κ2) is 6.31. The van der Waals surface area contributed by atoms with Crippen LogP contribution in [0.3, 0.4) is 0 Å². The summed E-state index contributed by atoms with van der Waals surface area (Å²) in [4.78, 5) is 20.5. The number of hydrogen-bond acceptors (Lipinski definition) is 6. The quantitative estimate of drug-likeness (QED) is 0.649. The van der Waals surface area contributed by atoms with Gasteiger partial charge in [-0.1, -0.05) is 11.8 Å². The summed E-state index contributed by atoms with van der Waals surface area (Å²) in [5.41, 5.74) is 2.87. The van der Waals surface area contributed by atoms with Crippen molar-refractivity contribution >= 4 is 27.5 Å². The fourth-order valence-corrected chi connectivity index (χ4v) is 4.53. The van der Waals surface area contributed by atoms with Crippen LogP contribution in [0.2, 0.25) is 0 Å². The molecule has 1 aliphatic rings. The number of carbonyl (C=O) groups excluding carboxylic acids is 1. The topological polar surface area (TPSA) is 89.0 Å². The van der Waals surface area contributed by atoms with Crippen LogP contribution in [0.5, 0.6) is 0 Å². The van der Waals surface area contributed by atoms with Crippen molar-refractivity contribution in [2.24, 2.45) is 0 Å². The van der Waals surface area contributed by atoms with Gasteiger partial charge in [-0.15, -0.1) is 0 Å². The summed E-state index contributed by atoms with van der Waals surface area (Å²) < 4.78 is 22.7. The van der Waals surface area contributed by atoms with Crippen molar-refractivity contribution in [3.8, 4) is 0 Å². The number of carbonyl (C=O) groups is 1. The third-order valence-electron chi connectivity index (χ3n) is 3.54. The maximum atomic E-state index is 11.8. The summed E-state index contributed by atoms with van der Waals surface area (Å²) in [6.45, 7) is 5.79. The first kappa shape index (κ1) is 16.2. The minimum absolute atomic E-state index is 0.0443. The Morgan fingerprint density at radius 2 is 1.90 bits per heavy atom. The van der Waals surface area contributed by atoms with E-state index < -0.39 is 9.84 Å². The number of nitrogens with one attached hydrogen (secondary N) is 1. The molecule has 1 aromatic rings. The maximum Gasteiger partial charge on any atom is 0.230 e. The number of aryl methyl sites for hydroxylation is 2. The van der Waals surface area contributed by atoms with Gasteiger partial charge in [-0.25, -0.2) is 18.4 Å². The van der Waals surface area contributed by atoms with E-state index in [9.17, 15) is 13.2 Å². The largest absolute Gasteiger partial charge is 0.352 e. The predicted molar refractivity (Wildman–Crippen MR) is 82.2 cm³/mol. The monoisotopic (exact) mass is 329 g/mol. The average Bonchev–Trinajstić information content (AvgIpc) is 2.72. The average molecular weight is 329 g/mol. The van der Waals surface area contributed by atoms with Gasteiger partial charge < -0.3 is 5.32 Å². The first-order chi connectivity index (χ1) is 9.77. The van der Waals surface area contributed by atoms with E-state index in [0.29, 0.717) is 11.6 Å². The highest BCUT2D eigenvalue weighted by molar-refractivity contribution is 7.99. The van der Waals surface area contributed by atoms with E-state index >= 15 is 0 Å². The maximum absolute atomic E-state index is 11.8. The van der Waals surface area contributed by atoms with E-state index in [-0.39, 0.29) is 29.2 Å². The van der Waals surface area contributed by atoms with Crippen LogP contribution in [0.4, 0.5) is 0 Å². The number of aromatic nitrogens is 2. The predicted octanol–water partition coefficient (Wildman–Crippen LogP) is 0.797. The van der Waals surface area contributed by atoms with Crippen LogP contribution < -0.4 is 5.32 Å². The van der Waals surface area contributed by atoms with Gasteiger partial charge in [0.2, 0.25) is 5.91 Å². The molecule has 1 N–H and O–H groups in total. The van der Waals surface area contributed by atoms with E-state index in [1.807, 2.05) is 20.8 Å². The Labute approximate surface area is 129 Å². The van der Waals surface area contributed by atoms with Gasteiger partial charge in [-0.2, -0.15) is 0 Å². The molecule has 1 atom stereocenters. The van der Waals surface area contributed by atoms with Crippen molar-refractivity contribution < 1.29 is 13.2 Å². The molecule has 6 nitrogen and oxygen atoms in total. The lowest BCUT2D eigenvalue weighted by Gasteiger charge is -2.10. The zero-order chi connectivity index (χ0) is 15.6. The summed E-state index contributed by atoms with van der Waals surface area (Å²) in [5.74, 6) is 0.215. The van der Waals surface area contributed by atoms with Crippen molar-refractivity contribution in [3.05, 3.63) is 17.0 Å². The molecule has 8 heteroatoms. The van der Waals surface area contributed by atoms with E-state index in [2.05, 4.69) is 15.3 Å². The van der Waals surface area contributed by atoms with Crippen molar-refractivity contribution in [2.45, 2.75) is 38.4 Å². The molecular weight excluding hydrogens is 310 g/mol. The van der Waals surface area contributed by atoms with E-state index in [1.165, 1.54) is 11.8 Å². The lowest BCUT2D eigenvalue weighted by atomic mass is 10.2. The van der Waals surface area contributed by atoms with Crippen LogP contribution in [0.15, 0.2) is 5.16 Å². The molecule has 0 unspecified atom stereocenters.